The zero-order valence-electron chi connectivity index (χ0n) is 18.7. The van der Waals surface area contributed by atoms with Gasteiger partial charge in [-0.25, -0.2) is 4.98 Å². The highest BCUT2D eigenvalue weighted by Gasteiger charge is 2.11. The molecule has 0 aliphatic carbocycles. The summed E-state index contributed by atoms with van der Waals surface area (Å²) in [5, 5.41) is 2.88. The molecule has 0 unspecified atom stereocenters. The Hall–Kier alpha value is -3.60. The lowest BCUT2D eigenvalue weighted by Gasteiger charge is -2.11. The zero-order valence-corrected chi connectivity index (χ0v) is 18.7. The highest BCUT2D eigenvalue weighted by Crippen LogP contribution is 2.27. The molecule has 1 heterocycles. The molecule has 1 aromatic heterocycles. The average Bonchev–Trinajstić information content (AvgIpc) is 3.26. The van der Waals surface area contributed by atoms with Gasteiger partial charge in [-0.15, -0.1) is 0 Å². The van der Waals surface area contributed by atoms with Gasteiger partial charge < -0.3 is 14.5 Å². The van der Waals surface area contributed by atoms with Crippen LogP contribution in [-0.4, -0.2) is 17.5 Å². The summed E-state index contributed by atoms with van der Waals surface area (Å²) in [6.07, 6.45) is 2.04. The maximum atomic E-state index is 12.4. The number of nitrogens with zero attached hydrogens (tertiary/aromatic N) is 1. The number of ether oxygens (including phenoxy) is 1. The van der Waals surface area contributed by atoms with Gasteiger partial charge in [-0.2, -0.15) is 0 Å². The van der Waals surface area contributed by atoms with Crippen molar-refractivity contribution < 1.29 is 13.9 Å². The fourth-order valence-corrected chi connectivity index (χ4v) is 3.52. The van der Waals surface area contributed by atoms with Gasteiger partial charge in [-0.1, -0.05) is 45.0 Å². The number of oxazole rings is 1. The summed E-state index contributed by atoms with van der Waals surface area (Å²) >= 11 is 0. The van der Waals surface area contributed by atoms with E-state index in [0.29, 0.717) is 23.2 Å². The molecule has 0 aliphatic rings. The van der Waals surface area contributed by atoms with E-state index in [4.69, 9.17) is 9.15 Å². The molecule has 4 aromatic rings. The third kappa shape index (κ3) is 4.99. The van der Waals surface area contributed by atoms with Crippen molar-refractivity contribution in [2.24, 2.45) is 0 Å². The summed E-state index contributed by atoms with van der Waals surface area (Å²) in [7, 11) is 0. The topological polar surface area (TPSA) is 64.4 Å². The van der Waals surface area contributed by atoms with Crippen molar-refractivity contribution in [1.82, 2.24) is 4.98 Å². The minimum Gasteiger partial charge on any atom is -0.484 e. The molecule has 0 bridgehead atoms. The number of amides is 1. The number of hydrogen-bond donors (Lipinski definition) is 1. The van der Waals surface area contributed by atoms with Gasteiger partial charge in [0.25, 0.3) is 5.91 Å². The third-order valence-electron chi connectivity index (χ3n) is 5.68. The van der Waals surface area contributed by atoms with Crippen molar-refractivity contribution in [2.75, 3.05) is 11.9 Å². The summed E-state index contributed by atoms with van der Waals surface area (Å²) in [5.41, 5.74) is 5.54. The van der Waals surface area contributed by atoms with Crippen molar-refractivity contribution in [3.05, 3.63) is 77.9 Å². The van der Waals surface area contributed by atoms with Crippen LogP contribution in [0.3, 0.4) is 0 Å². The van der Waals surface area contributed by atoms with Crippen LogP contribution in [0.25, 0.3) is 22.6 Å². The predicted molar refractivity (Wildman–Crippen MR) is 128 cm³/mol. The first-order valence-electron chi connectivity index (χ1n) is 11.1. The van der Waals surface area contributed by atoms with Crippen LogP contribution in [0.15, 0.2) is 71.1 Å². The molecule has 1 atom stereocenters. The van der Waals surface area contributed by atoms with E-state index in [1.165, 1.54) is 11.1 Å². The number of fused-ring (bicyclic) bond motifs is 1. The number of carbonyl (C=O) groups excluding carboxylic acids is 1. The summed E-state index contributed by atoms with van der Waals surface area (Å²) < 4.78 is 11.5. The number of aryl methyl sites for hydroxylation is 1. The van der Waals surface area contributed by atoms with Gasteiger partial charge in [0.1, 0.15) is 11.3 Å². The van der Waals surface area contributed by atoms with Gasteiger partial charge in [0.05, 0.1) is 0 Å². The van der Waals surface area contributed by atoms with Crippen molar-refractivity contribution in [2.45, 2.75) is 39.5 Å². The van der Waals surface area contributed by atoms with Crippen LogP contribution < -0.4 is 10.1 Å². The van der Waals surface area contributed by atoms with Gasteiger partial charge in [0.2, 0.25) is 5.89 Å². The summed E-state index contributed by atoms with van der Waals surface area (Å²) in [6, 6.07) is 21.4. The lowest BCUT2D eigenvalue weighted by atomic mass is 9.99. The fraction of sp³-hybridized carbons (Fsp3) is 0.259. The monoisotopic (exact) mass is 428 g/mol. The molecule has 5 heteroatoms. The molecule has 0 aliphatic heterocycles. The Morgan fingerprint density at radius 2 is 1.88 bits per heavy atom. The van der Waals surface area contributed by atoms with Crippen LogP contribution in [0.1, 0.15) is 44.2 Å². The Bertz CT molecular complexity index is 1210. The number of anilines is 1. The molecule has 1 amide bonds. The minimum absolute atomic E-state index is 0.0599. The predicted octanol–water partition coefficient (Wildman–Crippen LogP) is 6.59. The SMILES string of the molecule is CCc1ccc2oc(-c3cccc(NC(=O)COc4ccc([C@H](C)CC)cc4)c3)nc2c1. The van der Waals surface area contributed by atoms with E-state index in [-0.39, 0.29) is 12.5 Å². The Balaban J connectivity index is 1.40. The summed E-state index contributed by atoms with van der Waals surface area (Å²) in [4.78, 5) is 17.0. The van der Waals surface area contributed by atoms with E-state index in [2.05, 4.69) is 43.2 Å². The van der Waals surface area contributed by atoms with Gasteiger partial charge >= 0.3 is 0 Å². The Kier molecular flexibility index (Phi) is 6.55. The molecular weight excluding hydrogens is 400 g/mol. The average molecular weight is 429 g/mol. The molecule has 0 saturated carbocycles. The minimum atomic E-state index is -0.224. The molecule has 1 N–H and O–H groups in total. The molecule has 0 radical (unpaired) electrons. The first-order chi connectivity index (χ1) is 15.6. The van der Waals surface area contributed by atoms with E-state index < -0.39 is 0 Å². The number of rotatable bonds is 8. The maximum absolute atomic E-state index is 12.4. The Morgan fingerprint density at radius 3 is 2.62 bits per heavy atom. The molecule has 3 aromatic carbocycles. The second-order valence-electron chi connectivity index (χ2n) is 7.97. The first-order valence-corrected chi connectivity index (χ1v) is 11.1. The third-order valence-corrected chi connectivity index (χ3v) is 5.68. The second-order valence-corrected chi connectivity index (χ2v) is 7.97. The van der Waals surface area contributed by atoms with E-state index in [1.54, 1.807) is 0 Å². The van der Waals surface area contributed by atoms with Crippen molar-refractivity contribution >= 4 is 22.7 Å². The van der Waals surface area contributed by atoms with Crippen LogP contribution in [0.4, 0.5) is 5.69 Å². The molecule has 0 saturated heterocycles. The lowest BCUT2D eigenvalue weighted by Crippen LogP contribution is -2.20. The summed E-state index contributed by atoms with van der Waals surface area (Å²) in [6.45, 7) is 6.41. The smallest absolute Gasteiger partial charge is 0.262 e. The molecule has 4 rings (SSSR count). The number of hydrogen-bond acceptors (Lipinski definition) is 4. The zero-order chi connectivity index (χ0) is 22.5. The Morgan fingerprint density at radius 1 is 1.06 bits per heavy atom. The van der Waals surface area contributed by atoms with Crippen molar-refractivity contribution in [1.29, 1.82) is 0 Å². The van der Waals surface area contributed by atoms with Crippen LogP contribution in [0.2, 0.25) is 0 Å². The fourth-order valence-electron chi connectivity index (χ4n) is 3.52. The van der Waals surface area contributed by atoms with Gasteiger partial charge in [-0.05, 0) is 72.4 Å². The van der Waals surface area contributed by atoms with E-state index in [0.717, 1.165) is 29.5 Å². The molecule has 5 nitrogen and oxygen atoms in total. The van der Waals surface area contributed by atoms with Crippen LogP contribution >= 0.6 is 0 Å². The largest absolute Gasteiger partial charge is 0.484 e. The summed E-state index contributed by atoms with van der Waals surface area (Å²) in [5.74, 6) is 1.49. The number of aromatic nitrogens is 1. The standard InChI is InChI=1S/C27H28N2O3/c1-4-18(3)20-10-12-23(13-11-20)31-17-26(30)28-22-8-6-7-21(16-22)27-29-24-15-19(5-2)9-14-25(24)32-27/h6-16,18H,4-5,17H2,1-3H3,(H,28,30)/t18-/m1/s1. The molecule has 0 fully saturated rings. The highest BCUT2D eigenvalue weighted by atomic mass is 16.5. The van der Waals surface area contributed by atoms with Gasteiger partial charge in [0.15, 0.2) is 12.2 Å². The second kappa shape index (κ2) is 9.69. The van der Waals surface area contributed by atoms with E-state index >= 15 is 0 Å². The lowest BCUT2D eigenvalue weighted by molar-refractivity contribution is -0.118. The van der Waals surface area contributed by atoms with E-state index in [1.807, 2.05) is 54.6 Å². The molecule has 164 valence electrons. The highest BCUT2D eigenvalue weighted by molar-refractivity contribution is 5.92. The quantitative estimate of drug-likeness (QED) is 0.344. The first kappa shape index (κ1) is 21.6. The Labute approximate surface area is 188 Å². The number of benzene rings is 3. The van der Waals surface area contributed by atoms with Crippen LogP contribution in [0, 0.1) is 0 Å². The normalized spacial score (nSPS) is 12.0. The van der Waals surface area contributed by atoms with Crippen LogP contribution in [-0.2, 0) is 11.2 Å². The number of nitrogens with one attached hydrogen (secondary N) is 1. The van der Waals surface area contributed by atoms with E-state index in [9.17, 15) is 4.79 Å². The van der Waals surface area contributed by atoms with Gasteiger partial charge in [0, 0.05) is 11.3 Å². The van der Waals surface area contributed by atoms with Crippen molar-refractivity contribution in [3.8, 4) is 17.2 Å². The van der Waals surface area contributed by atoms with Crippen LogP contribution in [0.5, 0.6) is 5.75 Å². The maximum Gasteiger partial charge on any atom is 0.262 e. The molecular formula is C27H28N2O3. The molecule has 32 heavy (non-hydrogen) atoms. The van der Waals surface area contributed by atoms with Crippen molar-refractivity contribution in [3.63, 3.8) is 0 Å². The van der Waals surface area contributed by atoms with Gasteiger partial charge in [-0.3, -0.25) is 4.79 Å². The molecule has 0 spiro atoms. The number of carbonyl (C=O) groups is 1.